The molecule has 3 aromatic rings. The molecule has 2 atom stereocenters. The monoisotopic (exact) mass is 520 g/mol. The van der Waals surface area contributed by atoms with Crippen molar-refractivity contribution < 1.29 is 14.3 Å². The molecule has 1 saturated carbocycles. The molecule has 7 nitrogen and oxygen atoms in total. The first-order valence-electron chi connectivity index (χ1n) is 13.3. The average molecular weight is 521 g/mol. The van der Waals surface area contributed by atoms with Crippen LogP contribution in [0.25, 0.3) is 10.9 Å². The van der Waals surface area contributed by atoms with Crippen molar-refractivity contribution >= 4 is 34.3 Å². The summed E-state index contributed by atoms with van der Waals surface area (Å²) in [6.45, 7) is 4.44. The van der Waals surface area contributed by atoms with Crippen LogP contribution in [0.5, 0.6) is 0 Å². The van der Waals surface area contributed by atoms with Crippen LogP contribution in [0.2, 0.25) is 5.02 Å². The van der Waals surface area contributed by atoms with Crippen LogP contribution in [0.3, 0.4) is 0 Å². The minimum Gasteiger partial charge on any atom is -0.379 e. The second-order valence-electron chi connectivity index (χ2n) is 10.8. The minimum atomic E-state index is -0.317. The molecular formula is C29H33ClN4O3. The van der Waals surface area contributed by atoms with E-state index in [-0.39, 0.29) is 29.3 Å². The van der Waals surface area contributed by atoms with Crippen LogP contribution >= 0.6 is 11.6 Å². The standard InChI is InChI=1S/C29H33ClN4O3/c30-23-16-31-25-15-20(5-8-22(23)25)28(36)33-26-17-37-14-9-24(26)32-27(35)19-3-6-21(7-4-19)29(10-11-29)18-34-12-1-2-13-34/h3-8,15-16,24,26,31H,1-2,9-14,17-18H2,(H,32,35)(H,33,36). The second kappa shape index (κ2) is 10.1. The Morgan fingerprint density at radius 3 is 2.46 bits per heavy atom. The quantitative estimate of drug-likeness (QED) is 0.434. The third-order valence-electron chi connectivity index (χ3n) is 8.22. The number of ether oxygens (including phenoxy) is 1. The molecule has 1 aromatic heterocycles. The molecule has 0 spiro atoms. The maximum Gasteiger partial charge on any atom is 0.251 e. The SMILES string of the molecule is O=C(NC1CCOCC1NC(=O)c1ccc2c(Cl)c[nH]c2c1)c1ccc(C2(CN3CCCC3)CC2)cc1. The Kier molecular flexibility index (Phi) is 6.69. The van der Waals surface area contributed by atoms with Crippen molar-refractivity contribution in [3.63, 3.8) is 0 Å². The van der Waals surface area contributed by atoms with Crippen molar-refractivity contribution in [3.8, 4) is 0 Å². The summed E-state index contributed by atoms with van der Waals surface area (Å²) < 4.78 is 5.63. The van der Waals surface area contributed by atoms with Crippen LogP contribution in [0.15, 0.2) is 48.7 Å². The van der Waals surface area contributed by atoms with E-state index in [0.717, 1.165) is 17.4 Å². The van der Waals surface area contributed by atoms with Gasteiger partial charge in [0.2, 0.25) is 0 Å². The minimum absolute atomic E-state index is 0.121. The number of nitrogens with zero attached hydrogens (tertiary/aromatic N) is 1. The molecule has 3 fully saturated rings. The van der Waals surface area contributed by atoms with Gasteiger partial charge >= 0.3 is 0 Å². The summed E-state index contributed by atoms with van der Waals surface area (Å²) >= 11 is 6.16. The zero-order valence-electron chi connectivity index (χ0n) is 20.9. The number of aromatic amines is 1. The largest absolute Gasteiger partial charge is 0.379 e. The Bertz CT molecular complexity index is 1290. The number of rotatable bonds is 7. The lowest BCUT2D eigenvalue weighted by Gasteiger charge is -2.32. The molecule has 3 heterocycles. The van der Waals surface area contributed by atoms with E-state index in [2.05, 4.69) is 32.7 Å². The fraction of sp³-hybridized carbons (Fsp3) is 0.448. The molecule has 2 amide bonds. The summed E-state index contributed by atoms with van der Waals surface area (Å²) in [6.07, 6.45) is 7.40. The van der Waals surface area contributed by atoms with Gasteiger partial charge in [-0.15, -0.1) is 0 Å². The van der Waals surface area contributed by atoms with E-state index in [9.17, 15) is 9.59 Å². The van der Waals surface area contributed by atoms with E-state index in [1.54, 1.807) is 18.3 Å². The van der Waals surface area contributed by atoms with Crippen molar-refractivity contribution in [2.45, 2.75) is 49.6 Å². The number of hydrogen-bond donors (Lipinski definition) is 3. The summed E-state index contributed by atoms with van der Waals surface area (Å²) in [4.78, 5) is 31.8. The van der Waals surface area contributed by atoms with Crippen LogP contribution in [-0.2, 0) is 10.2 Å². The van der Waals surface area contributed by atoms with Crippen LogP contribution in [0.1, 0.15) is 58.4 Å². The molecule has 37 heavy (non-hydrogen) atoms. The zero-order chi connectivity index (χ0) is 25.4. The predicted octanol–water partition coefficient (Wildman–Crippen LogP) is 4.27. The highest BCUT2D eigenvalue weighted by Crippen LogP contribution is 2.49. The molecule has 2 aliphatic heterocycles. The molecule has 0 radical (unpaired) electrons. The van der Waals surface area contributed by atoms with Gasteiger partial charge in [0.25, 0.3) is 11.8 Å². The number of nitrogens with one attached hydrogen (secondary N) is 3. The summed E-state index contributed by atoms with van der Waals surface area (Å²) in [5.74, 6) is -0.330. The lowest BCUT2D eigenvalue weighted by Crippen LogP contribution is -2.56. The molecule has 194 valence electrons. The first kappa shape index (κ1) is 24.5. The number of hydrogen-bond acceptors (Lipinski definition) is 4. The zero-order valence-corrected chi connectivity index (χ0v) is 21.7. The second-order valence-corrected chi connectivity index (χ2v) is 11.2. The number of H-pyrrole nitrogens is 1. The summed E-state index contributed by atoms with van der Waals surface area (Å²) in [7, 11) is 0. The van der Waals surface area contributed by atoms with Gasteiger partial charge in [0.1, 0.15) is 0 Å². The van der Waals surface area contributed by atoms with Crippen LogP contribution in [0.4, 0.5) is 0 Å². The number of benzene rings is 2. The van der Waals surface area contributed by atoms with Crippen LogP contribution in [0, 0.1) is 0 Å². The number of carbonyl (C=O) groups excluding carboxylic acids is 2. The van der Waals surface area contributed by atoms with E-state index in [0.29, 0.717) is 35.8 Å². The number of carbonyl (C=O) groups is 2. The fourth-order valence-electron chi connectivity index (χ4n) is 5.82. The van der Waals surface area contributed by atoms with Gasteiger partial charge in [-0.05, 0) is 75.0 Å². The molecular weight excluding hydrogens is 488 g/mol. The highest BCUT2D eigenvalue weighted by atomic mass is 35.5. The smallest absolute Gasteiger partial charge is 0.251 e. The van der Waals surface area contributed by atoms with Gasteiger partial charge in [0.05, 0.1) is 23.7 Å². The lowest BCUT2D eigenvalue weighted by molar-refractivity contribution is 0.0436. The fourth-order valence-corrected chi connectivity index (χ4v) is 6.04. The molecule has 3 N–H and O–H groups in total. The van der Waals surface area contributed by atoms with Crippen molar-refractivity contribution in [3.05, 3.63) is 70.4 Å². The van der Waals surface area contributed by atoms with Crippen LogP contribution in [-0.4, -0.2) is 66.6 Å². The van der Waals surface area contributed by atoms with Gasteiger partial charge in [0.15, 0.2) is 0 Å². The molecule has 2 aromatic carbocycles. The molecule has 8 heteroatoms. The molecule has 2 unspecified atom stereocenters. The number of aromatic nitrogens is 1. The number of halogens is 1. The van der Waals surface area contributed by atoms with Crippen molar-refractivity contribution in [2.24, 2.45) is 0 Å². The third kappa shape index (κ3) is 5.13. The van der Waals surface area contributed by atoms with E-state index in [4.69, 9.17) is 16.3 Å². The molecule has 1 aliphatic carbocycles. The van der Waals surface area contributed by atoms with Crippen molar-refractivity contribution in [1.82, 2.24) is 20.5 Å². The molecule has 6 rings (SSSR count). The van der Waals surface area contributed by atoms with Crippen LogP contribution < -0.4 is 10.6 Å². The number of amides is 2. The summed E-state index contributed by atoms with van der Waals surface area (Å²) in [5, 5.41) is 7.69. The van der Waals surface area contributed by atoms with Gasteiger partial charge in [-0.2, -0.15) is 0 Å². The average Bonchev–Trinajstić information content (AvgIpc) is 3.33. The van der Waals surface area contributed by atoms with Gasteiger partial charge in [-0.25, -0.2) is 0 Å². The highest BCUT2D eigenvalue weighted by Gasteiger charge is 2.45. The summed E-state index contributed by atoms with van der Waals surface area (Å²) in [5.41, 5.74) is 3.59. The van der Waals surface area contributed by atoms with Gasteiger partial charge in [0, 0.05) is 46.8 Å². The van der Waals surface area contributed by atoms with Gasteiger partial charge in [-0.3, -0.25) is 9.59 Å². The number of likely N-dealkylation sites (tertiary alicyclic amines) is 1. The third-order valence-corrected chi connectivity index (χ3v) is 8.53. The van der Waals surface area contributed by atoms with Gasteiger partial charge < -0.3 is 25.3 Å². The maximum absolute atomic E-state index is 13.1. The summed E-state index contributed by atoms with van der Waals surface area (Å²) in [6, 6.07) is 13.0. The van der Waals surface area contributed by atoms with Crippen molar-refractivity contribution in [1.29, 1.82) is 0 Å². The van der Waals surface area contributed by atoms with E-state index < -0.39 is 0 Å². The topological polar surface area (TPSA) is 86.5 Å². The maximum atomic E-state index is 13.1. The first-order valence-corrected chi connectivity index (χ1v) is 13.7. The Labute approximate surface area is 221 Å². The molecule has 2 saturated heterocycles. The van der Waals surface area contributed by atoms with E-state index in [1.807, 2.05) is 18.2 Å². The Morgan fingerprint density at radius 1 is 1.00 bits per heavy atom. The first-order chi connectivity index (χ1) is 18.0. The normalized spacial score (nSPS) is 23.2. The Morgan fingerprint density at radius 2 is 1.70 bits per heavy atom. The predicted molar refractivity (Wildman–Crippen MR) is 144 cm³/mol. The lowest BCUT2D eigenvalue weighted by atomic mass is 9.94. The van der Waals surface area contributed by atoms with Crippen molar-refractivity contribution in [2.75, 3.05) is 32.8 Å². The highest BCUT2D eigenvalue weighted by molar-refractivity contribution is 6.35. The molecule has 0 bridgehead atoms. The Balaban J connectivity index is 1.09. The number of fused-ring (bicyclic) bond motifs is 1. The van der Waals surface area contributed by atoms with E-state index >= 15 is 0 Å². The van der Waals surface area contributed by atoms with E-state index in [1.165, 1.54) is 44.3 Å². The van der Waals surface area contributed by atoms with Gasteiger partial charge in [-0.1, -0.05) is 29.8 Å². The molecule has 3 aliphatic rings. The Hall–Kier alpha value is -2.87.